The Morgan fingerprint density at radius 3 is 2.45 bits per heavy atom. The van der Waals surface area contributed by atoms with E-state index in [0.717, 1.165) is 43.4 Å². The molecule has 2 heterocycles. The van der Waals surface area contributed by atoms with E-state index in [2.05, 4.69) is 26.3 Å². The van der Waals surface area contributed by atoms with E-state index in [0.29, 0.717) is 17.9 Å². The number of aliphatic hydroxyl groups excluding tert-OH is 1. The third-order valence-corrected chi connectivity index (χ3v) is 5.33. The molecule has 0 atom stereocenters. The number of aliphatic hydroxyl groups is 1. The molecule has 0 aliphatic carbocycles. The highest BCUT2D eigenvalue weighted by atomic mass is 19.3. The lowest BCUT2D eigenvalue weighted by molar-refractivity contribution is 0.0791. The van der Waals surface area contributed by atoms with Crippen LogP contribution >= 0.6 is 0 Å². The van der Waals surface area contributed by atoms with Crippen LogP contribution in [0.2, 0.25) is 0 Å². The summed E-state index contributed by atoms with van der Waals surface area (Å²) in [5, 5.41) is 13.7. The lowest BCUT2D eigenvalue weighted by atomic mass is 10.0. The van der Waals surface area contributed by atoms with E-state index >= 15 is 0 Å². The van der Waals surface area contributed by atoms with Crippen molar-refractivity contribution in [3.8, 4) is 0 Å². The number of rotatable bonds is 6. The van der Waals surface area contributed by atoms with Crippen molar-refractivity contribution in [2.75, 3.05) is 18.4 Å². The van der Waals surface area contributed by atoms with Crippen molar-refractivity contribution >= 4 is 16.7 Å². The zero-order valence-electron chi connectivity index (χ0n) is 16.1. The molecule has 0 saturated carbocycles. The maximum atomic E-state index is 13.2. The fraction of sp³-hybridized carbons (Fsp3) is 0.364. The van der Waals surface area contributed by atoms with Gasteiger partial charge in [-0.3, -0.25) is 4.90 Å². The van der Waals surface area contributed by atoms with Crippen LogP contribution in [0.25, 0.3) is 10.9 Å². The molecule has 0 unspecified atom stereocenters. The second-order valence-electron chi connectivity index (χ2n) is 7.38. The van der Waals surface area contributed by atoms with Gasteiger partial charge in [-0.05, 0) is 36.1 Å². The molecule has 1 fully saturated rings. The molecular weight excluding hydrogens is 374 g/mol. The van der Waals surface area contributed by atoms with Crippen LogP contribution in [0.1, 0.15) is 36.2 Å². The number of nitrogens with one attached hydrogen (secondary N) is 1. The molecule has 2 N–H and O–H groups in total. The number of hydrogen-bond donors (Lipinski definition) is 2. The first-order valence-electron chi connectivity index (χ1n) is 9.86. The van der Waals surface area contributed by atoms with Gasteiger partial charge in [-0.2, -0.15) is 0 Å². The molecular formula is C22H24F2N4O. The highest BCUT2D eigenvalue weighted by Crippen LogP contribution is 2.25. The predicted octanol–water partition coefficient (Wildman–Crippen LogP) is 4.14. The van der Waals surface area contributed by atoms with Crippen molar-refractivity contribution in [3.63, 3.8) is 0 Å². The van der Waals surface area contributed by atoms with Gasteiger partial charge in [-0.25, -0.2) is 18.7 Å². The fourth-order valence-corrected chi connectivity index (χ4v) is 3.71. The molecule has 0 radical (unpaired) electrons. The molecule has 29 heavy (non-hydrogen) atoms. The molecule has 7 heteroatoms. The third-order valence-electron chi connectivity index (χ3n) is 5.33. The summed E-state index contributed by atoms with van der Waals surface area (Å²) in [4.78, 5) is 10.4. The van der Waals surface area contributed by atoms with Gasteiger partial charge in [0.15, 0.2) is 5.82 Å². The van der Waals surface area contributed by atoms with E-state index in [1.807, 2.05) is 30.3 Å². The number of nitrogens with zero attached hydrogens (tertiary/aromatic N) is 3. The van der Waals surface area contributed by atoms with E-state index < -0.39 is 12.2 Å². The molecule has 1 saturated heterocycles. The van der Waals surface area contributed by atoms with Crippen LogP contribution in [0.3, 0.4) is 0 Å². The number of benzene rings is 2. The van der Waals surface area contributed by atoms with Gasteiger partial charge < -0.3 is 10.4 Å². The first kappa shape index (κ1) is 19.7. The minimum atomic E-state index is -2.72. The van der Waals surface area contributed by atoms with Gasteiger partial charge in [-0.1, -0.05) is 36.4 Å². The van der Waals surface area contributed by atoms with Crippen LogP contribution < -0.4 is 5.32 Å². The number of halogens is 2. The Morgan fingerprint density at radius 2 is 1.69 bits per heavy atom. The molecule has 0 spiro atoms. The van der Waals surface area contributed by atoms with Gasteiger partial charge in [0, 0.05) is 31.6 Å². The van der Waals surface area contributed by atoms with Crippen molar-refractivity contribution in [3.05, 3.63) is 65.5 Å². The van der Waals surface area contributed by atoms with Gasteiger partial charge in [0.2, 0.25) is 0 Å². The monoisotopic (exact) mass is 398 g/mol. The molecule has 1 aromatic heterocycles. The molecule has 1 aliphatic heterocycles. The van der Waals surface area contributed by atoms with Crippen molar-refractivity contribution in [1.29, 1.82) is 0 Å². The average Bonchev–Trinajstić information content (AvgIpc) is 2.74. The average molecular weight is 398 g/mol. The molecule has 1 aliphatic rings. The molecule has 5 nitrogen and oxygen atoms in total. The van der Waals surface area contributed by atoms with Crippen molar-refractivity contribution < 1.29 is 13.9 Å². The number of likely N-dealkylation sites (tertiary alicyclic amines) is 1. The van der Waals surface area contributed by atoms with Crippen LogP contribution in [0.15, 0.2) is 48.5 Å². The van der Waals surface area contributed by atoms with Gasteiger partial charge in [-0.15, -0.1) is 0 Å². The Balaban J connectivity index is 1.54. The summed E-state index contributed by atoms with van der Waals surface area (Å²) in [7, 11) is 0. The number of fused-ring (bicyclic) bond motifs is 1. The van der Waals surface area contributed by atoms with Gasteiger partial charge in [0.1, 0.15) is 5.82 Å². The standard InChI is InChI=1S/C22H24F2N4O/c23-20(24)22-26-19-8-4-3-7-18(19)21(27-22)25-13-15-5-1-2-6-16(15)14-28-11-9-17(29)10-12-28/h1-8,17,20,29H,9-14H2,(H,25,26,27). The van der Waals surface area contributed by atoms with Gasteiger partial charge >= 0.3 is 0 Å². The first-order chi connectivity index (χ1) is 14.1. The molecule has 3 aromatic rings. The number of para-hydroxylation sites is 1. The highest BCUT2D eigenvalue weighted by molar-refractivity contribution is 5.89. The number of hydrogen-bond acceptors (Lipinski definition) is 5. The van der Waals surface area contributed by atoms with Crippen LogP contribution in [0.4, 0.5) is 14.6 Å². The van der Waals surface area contributed by atoms with Crippen molar-refractivity contribution in [1.82, 2.24) is 14.9 Å². The molecule has 0 amide bonds. The summed E-state index contributed by atoms with van der Waals surface area (Å²) in [6.07, 6.45) is -1.33. The maximum absolute atomic E-state index is 13.2. The van der Waals surface area contributed by atoms with E-state index in [9.17, 15) is 13.9 Å². The predicted molar refractivity (Wildman–Crippen MR) is 109 cm³/mol. The lowest BCUT2D eigenvalue weighted by Gasteiger charge is -2.30. The Bertz CT molecular complexity index is 974. The number of alkyl halides is 2. The van der Waals surface area contributed by atoms with E-state index in [-0.39, 0.29) is 6.10 Å². The summed E-state index contributed by atoms with van der Waals surface area (Å²) in [6.45, 7) is 3.03. The summed E-state index contributed by atoms with van der Waals surface area (Å²) < 4.78 is 26.4. The molecule has 2 aromatic carbocycles. The molecule has 152 valence electrons. The normalized spacial score (nSPS) is 15.9. The zero-order chi connectivity index (χ0) is 20.2. The van der Waals surface area contributed by atoms with Crippen LogP contribution in [-0.4, -0.2) is 39.2 Å². The highest BCUT2D eigenvalue weighted by Gasteiger charge is 2.18. The summed E-state index contributed by atoms with van der Waals surface area (Å²) in [5.74, 6) is -0.0480. The van der Waals surface area contributed by atoms with E-state index in [1.165, 1.54) is 5.56 Å². The second-order valence-corrected chi connectivity index (χ2v) is 7.38. The minimum Gasteiger partial charge on any atom is -0.393 e. The second kappa shape index (κ2) is 8.80. The molecule has 4 rings (SSSR count). The van der Waals surface area contributed by atoms with Crippen LogP contribution in [-0.2, 0) is 13.1 Å². The zero-order valence-corrected chi connectivity index (χ0v) is 16.1. The van der Waals surface area contributed by atoms with Gasteiger partial charge in [0.25, 0.3) is 6.43 Å². The van der Waals surface area contributed by atoms with E-state index in [1.54, 1.807) is 12.1 Å². The summed E-state index contributed by atoms with van der Waals surface area (Å²) in [6, 6.07) is 15.3. The topological polar surface area (TPSA) is 61.3 Å². The fourth-order valence-electron chi connectivity index (χ4n) is 3.71. The number of anilines is 1. The SMILES string of the molecule is OC1CCN(Cc2ccccc2CNc2nc(C(F)F)nc3ccccc23)CC1. The molecule has 0 bridgehead atoms. The van der Waals surface area contributed by atoms with Crippen molar-refractivity contribution in [2.24, 2.45) is 0 Å². The Labute approximate surface area is 168 Å². The van der Waals surface area contributed by atoms with Crippen LogP contribution in [0, 0.1) is 0 Å². The quantitative estimate of drug-likeness (QED) is 0.654. The smallest absolute Gasteiger partial charge is 0.297 e. The van der Waals surface area contributed by atoms with Crippen molar-refractivity contribution in [2.45, 2.75) is 38.5 Å². The minimum absolute atomic E-state index is 0.196. The largest absolute Gasteiger partial charge is 0.393 e. The maximum Gasteiger partial charge on any atom is 0.297 e. The Hall–Kier alpha value is -2.64. The first-order valence-corrected chi connectivity index (χ1v) is 9.86. The Kier molecular flexibility index (Phi) is 5.97. The summed E-state index contributed by atoms with van der Waals surface area (Å²) >= 11 is 0. The Morgan fingerprint density at radius 1 is 1.00 bits per heavy atom. The number of aromatic nitrogens is 2. The van der Waals surface area contributed by atoms with Gasteiger partial charge in [0.05, 0.1) is 11.6 Å². The number of piperidine rings is 1. The third kappa shape index (κ3) is 4.68. The van der Waals surface area contributed by atoms with Crippen LogP contribution in [0.5, 0.6) is 0 Å². The summed E-state index contributed by atoms with van der Waals surface area (Å²) in [5.41, 5.74) is 2.78. The van der Waals surface area contributed by atoms with E-state index in [4.69, 9.17) is 0 Å². The lowest BCUT2D eigenvalue weighted by Crippen LogP contribution is -2.35.